The van der Waals surface area contributed by atoms with E-state index in [0.29, 0.717) is 46.7 Å². The molecule has 3 aromatic carbocycles. The summed E-state index contributed by atoms with van der Waals surface area (Å²) in [7, 11) is 0. The number of hydrogen-bond donors (Lipinski definition) is 3. The summed E-state index contributed by atoms with van der Waals surface area (Å²) in [6.07, 6.45) is 7.02. The van der Waals surface area contributed by atoms with Crippen LogP contribution in [0.3, 0.4) is 0 Å². The lowest BCUT2D eigenvalue weighted by Crippen LogP contribution is -2.21. The number of hydrogen-bond acceptors (Lipinski definition) is 7. The molecule has 0 saturated carbocycles. The number of benzene rings is 3. The summed E-state index contributed by atoms with van der Waals surface area (Å²) in [6, 6.07) is 21.4. The number of urea groups is 1. The van der Waals surface area contributed by atoms with Crippen molar-refractivity contribution in [3.05, 3.63) is 120 Å². The Morgan fingerprint density at radius 3 is 2.53 bits per heavy atom. The number of pyridine rings is 1. The Hall–Kier alpha value is -5.84. The molecule has 0 unspecified atom stereocenters. The van der Waals surface area contributed by atoms with E-state index < -0.39 is 6.03 Å². The van der Waals surface area contributed by atoms with Gasteiger partial charge >= 0.3 is 6.03 Å². The average Bonchev–Trinajstić information content (AvgIpc) is 3.50. The molecule has 0 radical (unpaired) electrons. The number of aromatic nitrogens is 5. The van der Waals surface area contributed by atoms with E-state index in [2.05, 4.69) is 37.8 Å². The number of halogens is 1. The molecule has 0 aliphatic carbocycles. The zero-order chi connectivity index (χ0) is 34.5. The topological polar surface area (TPSA) is 119 Å². The van der Waals surface area contributed by atoms with Crippen LogP contribution in [0.15, 0.2) is 91.4 Å². The molecule has 3 N–H and O–H groups in total. The highest BCUT2D eigenvalue weighted by molar-refractivity contribution is 6.07. The smallest absolute Gasteiger partial charge is 0.324 e. The van der Waals surface area contributed by atoms with Crippen LogP contribution < -0.4 is 20.7 Å². The third kappa shape index (κ3) is 7.83. The first-order chi connectivity index (χ1) is 23.6. The first-order valence-electron chi connectivity index (χ1n) is 16.2. The van der Waals surface area contributed by atoms with Gasteiger partial charge in [-0.05, 0) is 60.9 Å². The van der Waals surface area contributed by atoms with Crippen LogP contribution >= 0.6 is 0 Å². The minimum atomic E-state index is -0.463. The lowest BCUT2D eigenvalue weighted by atomic mass is 9.92. The molecule has 0 aliphatic heterocycles. The highest BCUT2D eigenvalue weighted by Gasteiger charge is 2.22. The van der Waals surface area contributed by atoms with Gasteiger partial charge in [0.05, 0.1) is 29.0 Å². The summed E-state index contributed by atoms with van der Waals surface area (Å²) in [4.78, 5) is 26.7. The lowest BCUT2D eigenvalue weighted by molar-refractivity contribution is 0.262. The highest BCUT2D eigenvalue weighted by Crippen LogP contribution is 2.33. The first kappa shape index (κ1) is 33.1. The fraction of sp³-hybridized carbons (Fsp3) is 0.237. The van der Waals surface area contributed by atoms with Gasteiger partial charge in [0.25, 0.3) is 0 Å². The van der Waals surface area contributed by atoms with Gasteiger partial charge in [-0.3, -0.25) is 10.3 Å². The molecule has 3 aromatic heterocycles. The molecule has 10 nitrogen and oxygen atoms in total. The maximum Gasteiger partial charge on any atom is 0.324 e. The molecular formula is C38H39FN8O2. The van der Waals surface area contributed by atoms with Gasteiger partial charge < -0.3 is 15.4 Å². The van der Waals surface area contributed by atoms with Crippen molar-refractivity contribution in [3.63, 3.8) is 0 Å². The molecule has 0 spiro atoms. The van der Waals surface area contributed by atoms with Crippen molar-refractivity contribution in [3.8, 4) is 11.4 Å². The predicted molar refractivity (Wildman–Crippen MR) is 191 cm³/mol. The fourth-order valence-electron chi connectivity index (χ4n) is 5.29. The Kier molecular flexibility index (Phi) is 9.52. The second-order valence-corrected chi connectivity index (χ2v) is 12.9. The third-order valence-corrected chi connectivity index (χ3v) is 7.92. The van der Waals surface area contributed by atoms with Crippen molar-refractivity contribution in [2.45, 2.75) is 59.5 Å². The van der Waals surface area contributed by atoms with Gasteiger partial charge in [0, 0.05) is 34.6 Å². The van der Waals surface area contributed by atoms with E-state index in [4.69, 9.17) is 9.84 Å². The molecule has 250 valence electrons. The summed E-state index contributed by atoms with van der Waals surface area (Å²) >= 11 is 0. The number of nitrogens with zero attached hydrogens (tertiary/aromatic N) is 5. The maximum atomic E-state index is 14.5. The van der Waals surface area contributed by atoms with E-state index in [9.17, 15) is 9.18 Å². The monoisotopic (exact) mass is 658 g/mol. The Balaban J connectivity index is 1.18. The van der Waals surface area contributed by atoms with Crippen LogP contribution in [0.5, 0.6) is 5.75 Å². The number of carbonyl (C=O) groups is 1. The van der Waals surface area contributed by atoms with E-state index in [1.54, 1.807) is 42.3 Å². The van der Waals surface area contributed by atoms with E-state index in [0.717, 1.165) is 40.6 Å². The molecule has 0 atom stereocenters. The molecule has 0 bridgehead atoms. The Morgan fingerprint density at radius 2 is 1.76 bits per heavy atom. The van der Waals surface area contributed by atoms with Crippen LogP contribution in [0.2, 0.25) is 0 Å². The minimum absolute atomic E-state index is 0.295. The molecule has 11 heteroatoms. The Morgan fingerprint density at radius 1 is 0.939 bits per heavy atom. The number of fused-ring (bicyclic) bond motifs is 1. The second kappa shape index (κ2) is 14.1. The highest BCUT2D eigenvalue weighted by atomic mass is 19.1. The normalized spacial score (nSPS) is 11.4. The van der Waals surface area contributed by atoms with Crippen LogP contribution in [-0.2, 0) is 18.4 Å². The van der Waals surface area contributed by atoms with E-state index >= 15 is 0 Å². The largest absolute Gasteiger partial charge is 0.488 e. The van der Waals surface area contributed by atoms with Gasteiger partial charge in [0.2, 0.25) is 0 Å². The number of nitrogens with one attached hydrogen (secondary N) is 3. The van der Waals surface area contributed by atoms with Crippen LogP contribution in [0.4, 0.5) is 32.3 Å². The molecule has 0 aliphatic rings. The molecule has 6 aromatic rings. The van der Waals surface area contributed by atoms with Crippen molar-refractivity contribution in [1.82, 2.24) is 24.7 Å². The van der Waals surface area contributed by atoms with Crippen LogP contribution in [-0.4, -0.2) is 30.8 Å². The second-order valence-electron chi connectivity index (χ2n) is 12.9. The fourth-order valence-corrected chi connectivity index (χ4v) is 5.29. The summed E-state index contributed by atoms with van der Waals surface area (Å²) < 4.78 is 22.3. The maximum absolute atomic E-state index is 14.5. The van der Waals surface area contributed by atoms with Crippen LogP contribution in [0, 0.1) is 12.7 Å². The van der Waals surface area contributed by atoms with Crippen molar-refractivity contribution in [2.75, 3.05) is 16.0 Å². The van der Waals surface area contributed by atoms with Crippen molar-refractivity contribution in [1.29, 1.82) is 0 Å². The summed E-state index contributed by atoms with van der Waals surface area (Å²) in [6.45, 7) is 10.2. The first-order valence-corrected chi connectivity index (χ1v) is 16.2. The molecule has 6 rings (SSSR count). The Labute approximate surface area is 284 Å². The quantitative estimate of drug-likeness (QED) is 0.135. The summed E-state index contributed by atoms with van der Waals surface area (Å²) in [5.41, 5.74) is 3.94. The van der Waals surface area contributed by atoms with E-state index in [-0.39, 0.29) is 11.2 Å². The molecule has 49 heavy (non-hydrogen) atoms. The predicted octanol–water partition coefficient (Wildman–Crippen LogP) is 8.87. The van der Waals surface area contributed by atoms with E-state index in [1.807, 2.05) is 75.4 Å². The summed E-state index contributed by atoms with van der Waals surface area (Å²) in [5, 5.41) is 15.5. The van der Waals surface area contributed by atoms with Gasteiger partial charge in [-0.1, -0.05) is 64.4 Å². The average molecular weight is 659 g/mol. The van der Waals surface area contributed by atoms with Crippen LogP contribution in [0.1, 0.15) is 56.6 Å². The standard InChI is InChI=1S/C38H39FN8O2/c1-6-9-26-21-40-22-35(42-26)44-34-18-25(16-17-41-34)23-49-32-15-14-31(28-10-7-8-11-29(28)32)43-37(48)45-36-20-33(38(3,4)5)46-47(36)27-13-12-24(2)30(39)19-27/h7-8,10-22H,6,9,23H2,1-5H3,(H,41,42,44)(H2,43,45,48). The number of rotatable bonds is 10. The number of anilines is 4. The third-order valence-electron chi connectivity index (χ3n) is 7.92. The van der Waals surface area contributed by atoms with Gasteiger partial charge in [-0.15, -0.1) is 0 Å². The molecule has 0 fully saturated rings. The van der Waals surface area contributed by atoms with Gasteiger partial charge in [0.15, 0.2) is 0 Å². The summed E-state index contributed by atoms with van der Waals surface area (Å²) in [5.74, 6) is 2.02. The van der Waals surface area contributed by atoms with Gasteiger partial charge in [-0.2, -0.15) is 5.10 Å². The molecule has 2 amide bonds. The molecule has 0 saturated heterocycles. The van der Waals surface area contributed by atoms with Crippen molar-refractivity contribution in [2.24, 2.45) is 0 Å². The number of amides is 2. The lowest BCUT2D eigenvalue weighted by Gasteiger charge is -2.15. The van der Waals surface area contributed by atoms with Gasteiger partial charge in [-0.25, -0.2) is 23.8 Å². The van der Waals surface area contributed by atoms with E-state index in [1.165, 1.54) is 6.07 Å². The van der Waals surface area contributed by atoms with Crippen LogP contribution in [0.25, 0.3) is 16.5 Å². The Bertz CT molecular complexity index is 2120. The minimum Gasteiger partial charge on any atom is -0.488 e. The zero-order valence-corrected chi connectivity index (χ0v) is 28.2. The number of aryl methyl sites for hydroxylation is 2. The van der Waals surface area contributed by atoms with Crippen molar-refractivity contribution < 1.29 is 13.9 Å². The number of ether oxygens (including phenoxy) is 1. The van der Waals surface area contributed by atoms with Gasteiger partial charge in [0.1, 0.15) is 35.6 Å². The molecular weight excluding hydrogens is 619 g/mol. The SMILES string of the molecule is CCCc1cncc(Nc2cc(COc3ccc(NC(=O)Nc4cc(C(C)(C)C)nn4-c4ccc(C)c(F)c4)c4ccccc34)ccn2)n1. The molecule has 3 heterocycles. The number of carbonyl (C=O) groups excluding carboxylic acids is 1. The van der Waals surface area contributed by atoms with Crippen molar-refractivity contribution >= 4 is 39.9 Å². The zero-order valence-electron chi connectivity index (χ0n) is 28.2.